The minimum absolute atomic E-state index is 0.583. The van der Waals surface area contributed by atoms with Crippen LogP contribution < -0.4 is 0 Å². The second-order valence-electron chi connectivity index (χ2n) is 10.1. The highest BCUT2D eigenvalue weighted by Gasteiger charge is 2.70. The van der Waals surface area contributed by atoms with Crippen molar-refractivity contribution in [2.75, 3.05) is 0 Å². The van der Waals surface area contributed by atoms with E-state index in [9.17, 15) is 0 Å². The van der Waals surface area contributed by atoms with Gasteiger partial charge in [0.05, 0.1) is 0 Å². The summed E-state index contributed by atoms with van der Waals surface area (Å²) in [6.07, 6.45) is 10.7. The topological polar surface area (TPSA) is 0 Å². The van der Waals surface area contributed by atoms with Gasteiger partial charge in [0.15, 0.2) is 0 Å². The Morgan fingerprint density at radius 1 is 0.900 bits per heavy atom. The van der Waals surface area contributed by atoms with Gasteiger partial charge in [-0.15, -0.1) is 0 Å². The summed E-state index contributed by atoms with van der Waals surface area (Å²) in [6, 6.07) is 0. The van der Waals surface area contributed by atoms with Crippen molar-refractivity contribution in [1.29, 1.82) is 0 Å². The molecule has 114 valence electrons. The summed E-state index contributed by atoms with van der Waals surface area (Å²) in [5.41, 5.74) is 1.99. The zero-order valence-corrected chi connectivity index (χ0v) is 14.3. The lowest BCUT2D eigenvalue weighted by Crippen LogP contribution is -2.43. The summed E-state index contributed by atoms with van der Waals surface area (Å²) in [5, 5.41) is 0. The highest BCUT2D eigenvalue weighted by Crippen LogP contribution is 2.77. The van der Waals surface area contributed by atoms with E-state index in [1.54, 1.807) is 25.7 Å². The second-order valence-corrected chi connectivity index (χ2v) is 10.1. The van der Waals surface area contributed by atoms with Crippen molar-refractivity contribution in [2.24, 2.45) is 45.8 Å². The number of hydrogen-bond acceptors (Lipinski definition) is 0. The molecule has 4 rings (SSSR count). The number of fused-ring (bicyclic) bond motifs is 3. The highest BCUT2D eigenvalue weighted by molar-refractivity contribution is 5.18. The van der Waals surface area contributed by atoms with Gasteiger partial charge in [0, 0.05) is 0 Å². The first-order valence-corrected chi connectivity index (χ1v) is 9.31. The molecule has 0 radical (unpaired) electrons. The predicted octanol–water partition coefficient (Wildman–Crippen LogP) is 5.91. The second kappa shape index (κ2) is 3.85. The van der Waals surface area contributed by atoms with Crippen molar-refractivity contribution in [3.63, 3.8) is 0 Å². The van der Waals surface area contributed by atoms with Crippen molar-refractivity contribution in [1.82, 2.24) is 0 Å². The largest absolute Gasteiger partial charge is 0.0622 e. The van der Waals surface area contributed by atoms with E-state index < -0.39 is 0 Å². The molecule has 0 N–H and O–H groups in total. The molecule has 2 bridgehead atoms. The average Bonchev–Trinajstić information content (AvgIpc) is 2.71. The van der Waals surface area contributed by atoms with Gasteiger partial charge in [0.25, 0.3) is 0 Å². The molecular formula is C20H34. The Morgan fingerprint density at radius 3 is 2.40 bits per heavy atom. The lowest BCUT2D eigenvalue weighted by molar-refractivity contribution is -0.0193. The molecule has 0 heterocycles. The van der Waals surface area contributed by atoms with Crippen LogP contribution in [-0.2, 0) is 0 Å². The Hall–Kier alpha value is 0. The number of rotatable bonds is 0. The summed E-state index contributed by atoms with van der Waals surface area (Å²) in [5.74, 6) is 5.09. The lowest BCUT2D eigenvalue weighted by atomic mass is 9.54. The smallest absolute Gasteiger partial charge is 0.0230 e. The highest BCUT2D eigenvalue weighted by atomic mass is 14.7. The van der Waals surface area contributed by atoms with Gasteiger partial charge in [-0.1, -0.05) is 41.0 Å². The van der Waals surface area contributed by atoms with Gasteiger partial charge in [0.1, 0.15) is 0 Å². The van der Waals surface area contributed by atoms with Crippen molar-refractivity contribution in [3.8, 4) is 0 Å². The molecule has 0 heteroatoms. The minimum atomic E-state index is 0.583. The normalized spacial score (nSPS) is 60.1. The summed E-state index contributed by atoms with van der Waals surface area (Å²) in [4.78, 5) is 0. The van der Waals surface area contributed by atoms with Crippen LogP contribution in [0.4, 0.5) is 0 Å². The third-order valence-corrected chi connectivity index (χ3v) is 8.96. The fourth-order valence-corrected chi connectivity index (χ4v) is 8.65. The zero-order valence-electron chi connectivity index (χ0n) is 14.3. The van der Waals surface area contributed by atoms with Crippen LogP contribution in [0.2, 0.25) is 0 Å². The van der Waals surface area contributed by atoms with Crippen LogP contribution in [-0.4, -0.2) is 0 Å². The van der Waals surface area contributed by atoms with Crippen molar-refractivity contribution < 1.29 is 0 Å². The van der Waals surface area contributed by atoms with Gasteiger partial charge < -0.3 is 0 Å². The van der Waals surface area contributed by atoms with E-state index in [4.69, 9.17) is 0 Å². The van der Waals surface area contributed by atoms with E-state index in [1.807, 2.05) is 0 Å². The van der Waals surface area contributed by atoms with Gasteiger partial charge in [-0.3, -0.25) is 0 Å². The van der Waals surface area contributed by atoms with E-state index >= 15 is 0 Å². The third kappa shape index (κ3) is 1.40. The van der Waals surface area contributed by atoms with Gasteiger partial charge in [-0.2, -0.15) is 0 Å². The Labute approximate surface area is 126 Å². The summed E-state index contributed by atoms with van der Waals surface area (Å²) in [6.45, 7) is 13.1. The van der Waals surface area contributed by atoms with Crippen LogP contribution in [0.5, 0.6) is 0 Å². The molecule has 0 unspecified atom stereocenters. The van der Waals surface area contributed by atoms with Crippen LogP contribution in [0.25, 0.3) is 0 Å². The molecule has 7 atom stereocenters. The van der Waals surface area contributed by atoms with Crippen LogP contribution in [0.1, 0.15) is 79.6 Å². The Kier molecular flexibility index (Phi) is 2.63. The minimum Gasteiger partial charge on any atom is -0.0622 e. The third-order valence-electron chi connectivity index (χ3n) is 8.96. The standard InChI is InChI=1S/C20H34/c1-13-11-20-12-15(13)7-8-16(20)19(5)10-6-9-18(3,4)17(19)14(20)2/h13-17H,6-12H2,1-5H3/t13-,14+,15-,16+,17-,19+,20-/m1/s1. The first-order chi connectivity index (χ1) is 9.31. The molecule has 0 amide bonds. The number of hydrogen-bond donors (Lipinski definition) is 0. The summed E-state index contributed by atoms with van der Waals surface area (Å²) in [7, 11) is 0. The molecule has 20 heavy (non-hydrogen) atoms. The Bertz CT molecular complexity index is 418. The molecule has 0 aromatic carbocycles. The van der Waals surface area contributed by atoms with E-state index in [0.29, 0.717) is 10.8 Å². The summed E-state index contributed by atoms with van der Waals surface area (Å²) >= 11 is 0. The average molecular weight is 274 g/mol. The molecule has 0 aromatic rings. The van der Waals surface area contributed by atoms with E-state index in [0.717, 1.165) is 35.0 Å². The summed E-state index contributed by atoms with van der Waals surface area (Å²) < 4.78 is 0. The lowest BCUT2D eigenvalue weighted by Gasteiger charge is -2.51. The SMILES string of the molecule is C[C@@H]1C[C@]23C[C@H]1CC[C@H]2[C@]1(C)CCCC(C)(C)[C@H]1[C@@H]3C. The monoisotopic (exact) mass is 274 g/mol. The molecular weight excluding hydrogens is 240 g/mol. The fourth-order valence-electron chi connectivity index (χ4n) is 8.65. The van der Waals surface area contributed by atoms with E-state index in [-0.39, 0.29) is 0 Å². The fraction of sp³-hybridized carbons (Fsp3) is 1.00. The van der Waals surface area contributed by atoms with Gasteiger partial charge in [0.2, 0.25) is 0 Å². The van der Waals surface area contributed by atoms with Crippen LogP contribution in [0.15, 0.2) is 0 Å². The van der Waals surface area contributed by atoms with Gasteiger partial charge >= 0.3 is 0 Å². The molecule has 4 aliphatic carbocycles. The van der Waals surface area contributed by atoms with Crippen molar-refractivity contribution in [2.45, 2.75) is 79.6 Å². The Balaban J connectivity index is 1.83. The van der Waals surface area contributed by atoms with Crippen LogP contribution >= 0.6 is 0 Å². The predicted molar refractivity (Wildman–Crippen MR) is 85.4 cm³/mol. The zero-order chi connectivity index (χ0) is 14.3. The molecule has 4 saturated carbocycles. The van der Waals surface area contributed by atoms with Gasteiger partial charge in [-0.05, 0) is 84.4 Å². The maximum Gasteiger partial charge on any atom is -0.0230 e. The van der Waals surface area contributed by atoms with E-state index in [2.05, 4.69) is 34.6 Å². The molecule has 0 aromatic heterocycles. The van der Waals surface area contributed by atoms with Gasteiger partial charge in [-0.25, -0.2) is 0 Å². The first kappa shape index (κ1) is 13.6. The molecule has 0 aliphatic heterocycles. The molecule has 4 aliphatic rings. The quantitative estimate of drug-likeness (QED) is 0.515. The maximum atomic E-state index is 2.71. The van der Waals surface area contributed by atoms with Crippen LogP contribution in [0.3, 0.4) is 0 Å². The van der Waals surface area contributed by atoms with Crippen LogP contribution in [0, 0.1) is 45.8 Å². The molecule has 0 nitrogen and oxygen atoms in total. The molecule has 1 spiro atoms. The van der Waals surface area contributed by atoms with E-state index in [1.165, 1.54) is 19.3 Å². The molecule has 4 fully saturated rings. The maximum absolute atomic E-state index is 2.71. The Morgan fingerprint density at radius 2 is 1.65 bits per heavy atom. The molecule has 0 saturated heterocycles. The van der Waals surface area contributed by atoms with Crippen molar-refractivity contribution >= 4 is 0 Å². The van der Waals surface area contributed by atoms with Crippen molar-refractivity contribution in [3.05, 3.63) is 0 Å². The first-order valence-electron chi connectivity index (χ1n) is 9.31.